The maximum absolute atomic E-state index is 13.0. The van der Waals surface area contributed by atoms with Gasteiger partial charge < -0.3 is 9.72 Å². The fourth-order valence-electron chi connectivity index (χ4n) is 0.772. The molecule has 6 heteroatoms. The van der Waals surface area contributed by atoms with Crippen LogP contribution >= 0.6 is 15.9 Å². The fraction of sp³-hybridized carbons (Fsp3) is 0.143. The zero-order valence-corrected chi connectivity index (χ0v) is 8.14. The number of aromatic amines is 1. The molecule has 1 rings (SSSR count). The molecule has 1 aromatic heterocycles. The van der Waals surface area contributed by atoms with Gasteiger partial charge in [0.1, 0.15) is 5.56 Å². The first-order valence-corrected chi connectivity index (χ1v) is 4.02. The Kier molecular flexibility index (Phi) is 2.82. The summed E-state index contributed by atoms with van der Waals surface area (Å²) in [6, 6.07) is 0. The van der Waals surface area contributed by atoms with E-state index in [1.54, 1.807) is 0 Å². The molecule has 0 saturated carbocycles. The van der Waals surface area contributed by atoms with Gasteiger partial charge in [-0.3, -0.25) is 4.79 Å². The Balaban J connectivity index is 3.42. The van der Waals surface area contributed by atoms with Crippen LogP contribution in [-0.2, 0) is 4.74 Å². The fourth-order valence-corrected chi connectivity index (χ4v) is 1.22. The number of hydrogen-bond acceptors (Lipinski definition) is 3. The molecule has 13 heavy (non-hydrogen) atoms. The van der Waals surface area contributed by atoms with Crippen LogP contribution in [0.25, 0.3) is 0 Å². The van der Waals surface area contributed by atoms with Crippen molar-refractivity contribution in [3.8, 4) is 0 Å². The number of carbonyl (C=O) groups excluding carboxylic acids is 1. The smallest absolute Gasteiger partial charge is 0.342 e. The predicted octanol–water partition coefficient (Wildman–Crippen LogP) is 1.06. The first kappa shape index (κ1) is 9.91. The van der Waals surface area contributed by atoms with Gasteiger partial charge in [0.2, 0.25) is 5.82 Å². The number of halogens is 2. The zero-order valence-electron chi connectivity index (χ0n) is 6.56. The van der Waals surface area contributed by atoms with Gasteiger partial charge in [0.25, 0.3) is 5.56 Å². The summed E-state index contributed by atoms with van der Waals surface area (Å²) < 4.78 is 17.5. The number of ether oxygens (including phenoxy) is 1. The monoisotopic (exact) mass is 249 g/mol. The molecule has 1 aromatic rings. The standard InChI is InChI=1S/C7H5BrFNO3/c1-13-7(12)4-3(8)2-10-6(11)5(4)9/h2H,1H3,(H,10,11). The Labute approximate surface area is 80.9 Å². The van der Waals surface area contributed by atoms with Crippen LogP contribution in [0.2, 0.25) is 0 Å². The van der Waals surface area contributed by atoms with Crippen molar-refractivity contribution < 1.29 is 13.9 Å². The van der Waals surface area contributed by atoms with Gasteiger partial charge in [0, 0.05) is 6.20 Å². The van der Waals surface area contributed by atoms with E-state index in [-0.39, 0.29) is 4.47 Å². The molecular formula is C7H5BrFNO3. The normalized spacial score (nSPS) is 9.77. The SMILES string of the molecule is COC(=O)c1c(Br)c[nH]c(=O)c1F. The average Bonchev–Trinajstić information content (AvgIpc) is 2.12. The van der Waals surface area contributed by atoms with Crippen molar-refractivity contribution in [1.82, 2.24) is 4.98 Å². The lowest BCUT2D eigenvalue weighted by molar-refractivity contribution is 0.0594. The van der Waals surface area contributed by atoms with Gasteiger partial charge in [0.05, 0.1) is 11.6 Å². The van der Waals surface area contributed by atoms with Gasteiger partial charge in [-0.05, 0) is 15.9 Å². The van der Waals surface area contributed by atoms with E-state index in [1.807, 2.05) is 0 Å². The van der Waals surface area contributed by atoms with Crippen LogP contribution in [0.4, 0.5) is 4.39 Å². The van der Waals surface area contributed by atoms with Crippen molar-refractivity contribution in [3.63, 3.8) is 0 Å². The second-order valence-electron chi connectivity index (χ2n) is 2.15. The van der Waals surface area contributed by atoms with E-state index in [0.717, 1.165) is 7.11 Å². The highest BCUT2D eigenvalue weighted by Gasteiger charge is 2.18. The molecule has 0 radical (unpaired) electrons. The summed E-state index contributed by atoms with van der Waals surface area (Å²) in [7, 11) is 1.11. The number of H-pyrrole nitrogens is 1. The average molecular weight is 250 g/mol. The molecule has 0 aliphatic rings. The molecule has 1 heterocycles. The van der Waals surface area contributed by atoms with Crippen LogP contribution in [0.5, 0.6) is 0 Å². The lowest BCUT2D eigenvalue weighted by Gasteiger charge is -2.01. The summed E-state index contributed by atoms with van der Waals surface area (Å²) in [5.74, 6) is -2.04. The first-order valence-electron chi connectivity index (χ1n) is 3.23. The lowest BCUT2D eigenvalue weighted by Crippen LogP contribution is -2.17. The minimum absolute atomic E-state index is 0.149. The van der Waals surface area contributed by atoms with Crippen molar-refractivity contribution in [1.29, 1.82) is 0 Å². The number of hydrogen-bond donors (Lipinski definition) is 1. The third-order valence-corrected chi connectivity index (χ3v) is 2.00. The van der Waals surface area contributed by atoms with E-state index in [9.17, 15) is 14.0 Å². The summed E-state index contributed by atoms with van der Waals surface area (Å²) in [6.07, 6.45) is 1.18. The van der Waals surface area contributed by atoms with Gasteiger partial charge in [-0.25, -0.2) is 4.79 Å². The molecule has 4 nitrogen and oxygen atoms in total. The number of nitrogens with one attached hydrogen (secondary N) is 1. The second-order valence-corrected chi connectivity index (χ2v) is 3.00. The molecule has 0 spiro atoms. The lowest BCUT2D eigenvalue weighted by atomic mass is 10.2. The Hall–Kier alpha value is -1.17. The van der Waals surface area contributed by atoms with Gasteiger partial charge in [-0.2, -0.15) is 4.39 Å². The zero-order chi connectivity index (χ0) is 10.0. The van der Waals surface area contributed by atoms with Gasteiger partial charge in [0.15, 0.2) is 0 Å². The topological polar surface area (TPSA) is 59.2 Å². The van der Waals surface area contributed by atoms with Crippen LogP contribution in [-0.4, -0.2) is 18.1 Å². The van der Waals surface area contributed by atoms with Gasteiger partial charge in [-0.15, -0.1) is 0 Å². The van der Waals surface area contributed by atoms with Crippen molar-refractivity contribution >= 4 is 21.9 Å². The number of pyridine rings is 1. The van der Waals surface area contributed by atoms with E-state index in [0.29, 0.717) is 0 Å². The summed E-state index contributed by atoms with van der Waals surface area (Å²) in [5.41, 5.74) is -1.35. The molecule has 0 saturated heterocycles. The van der Waals surface area contributed by atoms with E-state index < -0.39 is 22.9 Å². The Bertz CT molecular complexity index is 401. The first-order chi connectivity index (χ1) is 6.07. The molecule has 0 fully saturated rings. The molecule has 70 valence electrons. The predicted molar refractivity (Wildman–Crippen MR) is 46.1 cm³/mol. The molecule has 0 aliphatic heterocycles. The summed E-state index contributed by atoms with van der Waals surface area (Å²) in [4.78, 5) is 23.8. The third-order valence-electron chi connectivity index (χ3n) is 1.38. The molecule has 0 bridgehead atoms. The van der Waals surface area contributed by atoms with E-state index in [1.165, 1.54) is 6.20 Å². The maximum atomic E-state index is 13.0. The van der Waals surface area contributed by atoms with Gasteiger partial charge >= 0.3 is 5.97 Å². The number of methoxy groups -OCH3 is 1. The Morgan fingerprint density at radius 1 is 1.69 bits per heavy atom. The molecule has 0 unspecified atom stereocenters. The number of carbonyl (C=O) groups is 1. The van der Waals surface area contributed by atoms with Crippen molar-refractivity contribution in [2.45, 2.75) is 0 Å². The Morgan fingerprint density at radius 2 is 2.31 bits per heavy atom. The van der Waals surface area contributed by atoms with Crippen LogP contribution in [0.3, 0.4) is 0 Å². The quantitative estimate of drug-likeness (QED) is 0.758. The minimum Gasteiger partial charge on any atom is -0.465 e. The van der Waals surface area contributed by atoms with E-state index >= 15 is 0 Å². The highest BCUT2D eigenvalue weighted by Crippen LogP contribution is 2.16. The van der Waals surface area contributed by atoms with Crippen LogP contribution in [0, 0.1) is 5.82 Å². The summed E-state index contributed by atoms with van der Waals surface area (Å²) in [6.45, 7) is 0. The number of esters is 1. The second kappa shape index (κ2) is 3.69. The van der Waals surface area contributed by atoms with E-state index in [2.05, 4.69) is 25.7 Å². The molecule has 1 N–H and O–H groups in total. The number of aromatic nitrogens is 1. The highest BCUT2D eigenvalue weighted by molar-refractivity contribution is 9.10. The van der Waals surface area contributed by atoms with Crippen molar-refractivity contribution in [3.05, 3.63) is 32.4 Å². The van der Waals surface area contributed by atoms with Crippen LogP contribution in [0.15, 0.2) is 15.5 Å². The van der Waals surface area contributed by atoms with Crippen LogP contribution in [0.1, 0.15) is 10.4 Å². The van der Waals surface area contributed by atoms with E-state index in [4.69, 9.17) is 0 Å². The molecule has 0 atom stereocenters. The molecule has 0 aliphatic carbocycles. The minimum atomic E-state index is -1.15. The molecule has 0 aromatic carbocycles. The largest absolute Gasteiger partial charge is 0.465 e. The third kappa shape index (κ3) is 1.77. The highest BCUT2D eigenvalue weighted by atomic mass is 79.9. The molecule has 0 amide bonds. The molecular weight excluding hydrogens is 245 g/mol. The summed E-state index contributed by atoms with van der Waals surface area (Å²) in [5, 5.41) is 0. The summed E-state index contributed by atoms with van der Waals surface area (Å²) >= 11 is 2.91. The maximum Gasteiger partial charge on any atom is 0.342 e. The number of rotatable bonds is 1. The van der Waals surface area contributed by atoms with Gasteiger partial charge in [-0.1, -0.05) is 0 Å². The van der Waals surface area contributed by atoms with Crippen LogP contribution < -0.4 is 5.56 Å². The van der Waals surface area contributed by atoms with Crippen molar-refractivity contribution in [2.24, 2.45) is 0 Å². The Morgan fingerprint density at radius 3 is 2.85 bits per heavy atom. The van der Waals surface area contributed by atoms with Crippen molar-refractivity contribution in [2.75, 3.05) is 7.11 Å².